The van der Waals surface area contributed by atoms with Gasteiger partial charge in [-0.05, 0) is 5.92 Å². The summed E-state index contributed by atoms with van der Waals surface area (Å²) in [4.78, 5) is 11.4. The summed E-state index contributed by atoms with van der Waals surface area (Å²) in [5.74, 6) is 0.182. The lowest BCUT2D eigenvalue weighted by atomic mass is 10.1. The summed E-state index contributed by atoms with van der Waals surface area (Å²) < 4.78 is 1.40. The van der Waals surface area contributed by atoms with Gasteiger partial charge in [-0.3, -0.25) is 4.79 Å². The minimum absolute atomic E-state index is 0.182. The molecule has 0 aliphatic rings. The molecule has 2 heterocycles. The van der Waals surface area contributed by atoms with Gasteiger partial charge in [0.25, 0.3) is 5.56 Å². The Balaban J connectivity index is 2.88. The van der Waals surface area contributed by atoms with Gasteiger partial charge in [-0.1, -0.05) is 25.4 Å². The maximum atomic E-state index is 11.4. The van der Waals surface area contributed by atoms with Crippen LogP contribution in [0.25, 0.3) is 5.52 Å². The molecule has 2 aromatic rings. The second-order valence-electron chi connectivity index (χ2n) is 3.33. The molecular formula is C8H9ClN4O. The van der Waals surface area contributed by atoms with Crippen molar-refractivity contribution >= 4 is 17.1 Å². The molecule has 0 bridgehead atoms. The molecule has 74 valence electrons. The van der Waals surface area contributed by atoms with E-state index >= 15 is 0 Å². The van der Waals surface area contributed by atoms with Crippen molar-refractivity contribution in [2.24, 2.45) is 0 Å². The highest BCUT2D eigenvalue weighted by Gasteiger charge is 2.15. The summed E-state index contributed by atoms with van der Waals surface area (Å²) in [5.41, 5.74) is 0.743. The van der Waals surface area contributed by atoms with E-state index in [2.05, 4.69) is 15.3 Å². The van der Waals surface area contributed by atoms with E-state index in [0.29, 0.717) is 16.2 Å². The van der Waals surface area contributed by atoms with Gasteiger partial charge in [-0.25, -0.2) is 9.61 Å². The molecule has 2 aromatic heterocycles. The van der Waals surface area contributed by atoms with Crippen LogP contribution in [-0.2, 0) is 0 Å². The van der Waals surface area contributed by atoms with Gasteiger partial charge in [0.05, 0.1) is 10.7 Å². The van der Waals surface area contributed by atoms with Crippen molar-refractivity contribution in [2.45, 2.75) is 19.8 Å². The Morgan fingerprint density at radius 1 is 1.57 bits per heavy atom. The number of aromatic amines is 1. The molecule has 0 amide bonds. The van der Waals surface area contributed by atoms with Crippen molar-refractivity contribution in [3.8, 4) is 0 Å². The molecule has 0 spiro atoms. The molecule has 0 unspecified atom stereocenters. The molecule has 0 aliphatic carbocycles. The predicted octanol–water partition coefficient (Wildman–Crippen LogP) is 1.19. The van der Waals surface area contributed by atoms with E-state index < -0.39 is 0 Å². The van der Waals surface area contributed by atoms with Gasteiger partial charge in [0, 0.05) is 0 Å². The summed E-state index contributed by atoms with van der Waals surface area (Å²) in [6.45, 7) is 3.94. The molecule has 0 saturated heterocycles. The van der Waals surface area contributed by atoms with Crippen LogP contribution < -0.4 is 5.56 Å². The van der Waals surface area contributed by atoms with Crippen LogP contribution in [0, 0.1) is 0 Å². The molecule has 0 radical (unpaired) electrons. The summed E-state index contributed by atoms with van der Waals surface area (Å²) in [5, 5.41) is 10.5. The van der Waals surface area contributed by atoms with E-state index in [1.165, 1.54) is 10.8 Å². The van der Waals surface area contributed by atoms with Crippen LogP contribution in [0.5, 0.6) is 0 Å². The monoisotopic (exact) mass is 212 g/mol. The molecular weight excluding hydrogens is 204 g/mol. The molecule has 1 N–H and O–H groups in total. The zero-order valence-corrected chi connectivity index (χ0v) is 8.54. The van der Waals surface area contributed by atoms with Crippen LogP contribution in [-0.4, -0.2) is 19.8 Å². The second-order valence-corrected chi connectivity index (χ2v) is 3.71. The first-order chi connectivity index (χ1) is 6.61. The first-order valence-electron chi connectivity index (χ1n) is 4.22. The molecule has 0 saturated carbocycles. The Bertz CT molecular complexity index is 528. The quantitative estimate of drug-likeness (QED) is 0.773. The largest absolute Gasteiger partial charge is 0.291 e. The number of hydrogen-bond donors (Lipinski definition) is 1. The molecule has 0 fully saturated rings. The van der Waals surface area contributed by atoms with Crippen molar-refractivity contribution < 1.29 is 0 Å². The summed E-state index contributed by atoms with van der Waals surface area (Å²) in [7, 11) is 0. The zero-order chi connectivity index (χ0) is 10.3. The average molecular weight is 213 g/mol. The average Bonchev–Trinajstić information content (AvgIpc) is 2.45. The van der Waals surface area contributed by atoms with Gasteiger partial charge in [0.2, 0.25) is 0 Å². The summed E-state index contributed by atoms with van der Waals surface area (Å²) in [6, 6.07) is 0. The highest BCUT2D eigenvalue weighted by atomic mass is 35.5. The van der Waals surface area contributed by atoms with Gasteiger partial charge >= 0.3 is 0 Å². The highest BCUT2D eigenvalue weighted by molar-refractivity contribution is 6.34. The zero-order valence-electron chi connectivity index (χ0n) is 7.78. The Labute approximate surface area is 84.7 Å². The van der Waals surface area contributed by atoms with Crippen LogP contribution >= 0.6 is 11.6 Å². The molecule has 0 atom stereocenters. The number of H-pyrrole nitrogens is 1. The SMILES string of the molecule is CC(C)c1nn2cn[nH]c(=O)c2c1Cl. The maximum absolute atomic E-state index is 11.4. The van der Waals surface area contributed by atoms with Crippen molar-refractivity contribution in [1.82, 2.24) is 19.8 Å². The Hall–Kier alpha value is -1.36. The van der Waals surface area contributed by atoms with Gasteiger partial charge in [-0.15, -0.1) is 0 Å². The molecule has 5 nitrogen and oxygen atoms in total. The lowest BCUT2D eigenvalue weighted by molar-refractivity contribution is 0.769. The van der Waals surface area contributed by atoms with E-state index in [1.807, 2.05) is 13.8 Å². The minimum Gasteiger partial charge on any atom is -0.265 e. The van der Waals surface area contributed by atoms with Crippen LogP contribution in [0.4, 0.5) is 0 Å². The summed E-state index contributed by atoms with van der Waals surface area (Å²) >= 11 is 6.03. The van der Waals surface area contributed by atoms with E-state index in [4.69, 9.17) is 11.6 Å². The van der Waals surface area contributed by atoms with Crippen molar-refractivity contribution in [3.63, 3.8) is 0 Å². The van der Waals surface area contributed by atoms with Gasteiger partial charge in [0.1, 0.15) is 6.33 Å². The van der Waals surface area contributed by atoms with Crippen molar-refractivity contribution in [3.05, 3.63) is 27.4 Å². The second kappa shape index (κ2) is 3.09. The van der Waals surface area contributed by atoms with E-state index in [0.717, 1.165) is 0 Å². The molecule has 2 rings (SSSR count). The van der Waals surface area contributed by atoms with E-state index in [1.54, 1.807) is 0 Å². The maximum Gasteiger partial charge on any atom is 0.291 e. The third kappa shape index (κ3) is 1.21. The topological polar surface area (TPSA) is 63.1 Å². The van der Waals surface area contributed by atoms with Crippen molar-refractivity contribution in [2.75, 3.05) is 0 Å². The minimum atomic E-state index is -0.322. The smallest absolute Gasteiger partial charge is 0.265 e. The first-order valence-corrected chi connectivity index (χ1v) is 4.60. The van der Waals surface area contributed by atoms with Crippen LogP contribution in [0.15, 0.2) is 11.1 Å². The molecule has 0 aliphatic heterocycles. The van der Waals surface area contributed by atoms with Gasteiger partial charge in [-0.2, -0.15) is 10.2 Å². The number of hydrogen-bond acceptors (Lipinski definition) is 3. The molecule has 6 heteroatoms. The molecule has 0 aromatic carbocycles. The predicted molar refractivity (Wildman–Crippen MR) is 52.7 cm³/mol. The molecule has 14 heavy (non-hydrogen) atoms. The Kier molecular flexibility index (Phi) is 2.03. The standard InChI is InChI=1S/C8H9ClN4O/c1-4(2)6-5(9)7-8(14)11-10-3-13(7)12-6/h3-4H,1-2H3,(H,11,14). The van der Waals surface area contributed by atoms with Gasteiger partial charge < -0.3 is 0 Å². The van der Waals surface area contributed by atoms with E-state index in [9.17, 15) is 4.79 Å². The third-order valence-electron chi connectivity index (χ3n) is 1.97. The fourth-order valence-electron chi connectivity index (χ4n) is 1.28. The van der Waals surface area contributed by atoms with E-state index in [-0.39, 0.29) is 11.5 Å². The lowest BCUT2D eigenvalue weighted by Crippen LogP contribution is -2.11. The fraction of sp³-hybridized carbons (Fsp3) is 0.375. The number of nitrogens with one attached hydrogen (secondary N) is 1. The van der Waals surface area contributed by atoms with Gasteiger partial charge in [0.15, 0.2) is 5.52 Å². The Morgan fingerprint density at radius 3 is 2.86 bits per heavy atom. The Morgan fingerprint density at radius 2 is 2.29 bits per heavy atom. The van der Waals surface area contributed by atoms with Crippen LogP contribution in [0.2, 0.25) is 5.02 Å². The lowest BCUT2D eigenvalue weighted by Gasteiger charge is -1.97. The van der Waals surface area contributed by atoms with Crippen LogP contribution in [0.1, 0.15) is 25.5 Å². The summed E-state index contributed by atoms with van der Waals surface area (Å²) in [6.07, 6.45) is 1.43. The van der Waals surface area contributed by atoms with Crippen LogP contribution in [0.3, 0.4) is 0 Å². The van der Waals surface area contributed by atoms with Crippen molar-refractivity contribution in [1.29, 1.82) is 0 Å². The number of rotatable bonds is 1. The number of fused-ring (bicyclic) bond motifs is 1. The highest BCUT2D eigenvalue weighted by Crippen LogP contribution is 2.24. The first kappa shape index (κ1) is 9.21. The number of nitrogens with zero attached hydrogens (tertiary/aromatic N) is 3. The normalized spacial score (nSPS) is 11.4. The fourth-order valence-corrected chi connectivity index (χ4v) is 1.71. The number of halogens is 1. The third-order valence-corrected chi connectivity index (χ3v) is 2.35. The number of aromatic nitrogens is 4.